The van der Waals surface area contributed by atoms with Gasteiger partial charge in [0, 0.05) is 12.1 Å². The normalized spacial score (nSPS) is 12.5. The molecule has 2 unspecified atom stereocenters. The van der Waals surface area contributed by atoms with Crippen molar-refractivity contribution in [2.75, 3.05) is 0 Å². The summed E-state index contributed by atoms with van der Waals surface area (Å²) in [5.74, 6) is -5.00. The van der Waals surface area contributed by atoms with E-state index in [4.69, 9.17) is 43.4 Å². The summed E-state index contributed by atoms with van der Waals surface area (Å²) in [6.07, 6.45) is 0.881. The van der Waals surface area contributed by atoms with Crippen LogP contribution in [0.25, 0.3) is 0 Å². The molecule has 0 aliphatic carbocycles. The van der Waals surface area contributed by atoms with Gasteiger partial charge < -0.3 is 48.8 Å². The Morgan fingerprint density at radius 2 is 0.846 bits per heavy atom. The second kappa shape index (κ2) is 23.3. The third-order valence-corrected chi connectivity index (χ3v) is 4.22. The Balaban J connectivity index is -0.000000440. The van der Waals surface area contributed by atoms with Crippen LogP contribution in [0.4, 0.5) is 0 Å². The van der Waals surface area contributed by atoms with Crippen molar-refractivity contribution >= 4 is 23.9 Å². The van der Waals surface area contributed by atoms with Crippen molar-refractivity contribution in [3.8, 4) is 0 Å². The minimum absolute atomic E-state index is 0. The molecule has 4 atom stereocenters. The van der Waals surface area contributed by atoms with Crippen LogP contribution in [0, 0.1) is 0 Å². The van der Waals surface area contributed by atoms with Crippen molar-refractivity contribution in [2.24, 2.45) is 22.9 Å². The Bertz CT molecular complexity index is 865. The van der Waals surface area contributed by atoms with E-state index in [0.29, 0.717) is 0 Å². The number of nitrogens with two attached hydrogens (primary N) is 4. The van der Waals surface area contributed by atoms with Gasteiger partial charge in [-0.05, 0) is 37.8 Å². The molecule has 13 heteroatoms. The first-order valence-electron chi connectivity index (χ1n) is 11.6. The molecule has 14 N–H and O–H groups in total. The Hall–Kier alpha value is -3.88. The molecule has 220 valence electrons. The number of carbonyl (C=O) groups is 4. The molecule has 0 bridgehead atoms. The van der Waals surface area contributed by atoms with Gasteiger partial charge >= 0.3 is 23.9 Å². The number of hydrogen-bond donors (Lipinski definition) is 8. The van der Waals surface area contributed by atoms with Crippen molar-refractivity contribution in [1.29, 1.82) is 0 Å². The van der Waals surface area contributed by atoms with Crippen LogP contribution in [-0.2, 0) is 32.0 Å². The van der Waals surface area contributed by atoms with E-state index in [0.717, 1.165) is 12.8 Å². The van der Waals surface area contributed by atoms with Crippen LogP contribution in [0.3, 0.4) is 0 Å². The Labute approximate surface area is 227 Å². The van der Waals surface area contributed by atoms with E-state index in [1.165, 1.54) is 11.1 Å². The molecule has 2 rings (SSSR count). The SMILES string of the molecule is CC(N)Cc1ccccc1.CC(N)Cc1ccccc1.N[C@@H](CC(=O)O)C(=O)O.N[C@@H](CC(=O)O)C(=O)O.O. The van der Waals surface area contributed by atoms with Gasteiger partial charge in [-0.3, -0.25) is 19.2 Å². The van der Waals surface area contributed by atoms with Crippen LogP contribution < -0.4 is 22.9 Å². The van der Waals surface area contributed by atoms with E-state index in [1.54, 1.807) is 0 Å². The zero-order valence-corrected chi connectivity index (χ0v) is 22.1. The van der Waals surface area contributed by atoms with E-state index < -0.39 is 48.8 Å². The summed E-state index contributed by atoms with van der Waals surface area (Å²) >= 11 is 0. The van der Waals surface area contributed by atoms with Gasteiger partial charge in [0.1, 0.15) is 12.1 Å². The zero-order valence-electron chi connectivity index (χ0n) is 22.1. The monoisotopic (exact) mass is 554 g/mol. The molecule has 0 aliphatic heterocycles. The lowest BCUT2D eigenvalue weighted by atomic mass is 10.1. The second-order valence-corrected chi connectivity index (χ2v) is 8.42. The van der Waals surface area contributed by atoms with Gasteiger partial charge in [0.2, 0.25) is 0 Å². The minimum atomic E-state index is -1.29. The fourth-order valence-corrected chi connectivity index (χ4v) is 2.52. The highest BCUT2D eigenvalue weighted by Gasteiger charge is 2.15. The van der Waals surface area contributed by atoms with Crippen LogP contribution in [0.1, 0.15) is 37.8 Å². The van der Waals surface area contributed by atoms with Crippen LogP contribution >= 0.6 is 0 Å². The van der Waals surface area contributed by atoms with E-state index in [1.807, 2.05) is 50.2 Å². The number of carboxylic acids is 4. The average Bonchev–Trinajstić information content (AvgIpc) is 2.80. The van der Waals surface area contributed by atoms with E-state index in [9.17, 15) is 19.2 Å². The topological polar surface area (TPSA) is 285 Å². The number of benzene rings is 2. The van der Waals surface area contributed by atoms with Gasteiger partial charge in [0.05, 0.1) is 12.8 Å². The van der Waals surface area contributed by atoms with Crippen molar-refractivity contribution in [2.45, 2.75) is 63.7 Å². The predicted molar refractivity (Wildman–Crippen MR) is 147 cm³/mol. The van der Waals surface area contributed by atoms with Gasteiger partial charge in [0.15, 0.2) is 0 Å². The standard InChI is InChI=1S/2C9H13N.2C4H7NO4.H2O/c2*1-8(10)7-9-5-3-2-4-6-9;2*5-2(4(8)9)1-3(6)7;/h2*2-6,8H,7,10H2,1H3;2*2H,1,5H2,(H,6,7)(H,8,9);1H2/t;;2*2-;/m..00./s1. The van der Waals surface area contributed by atoms with Gasteiger partial charge in [-0.25, -0.2) is 0 Å². The second-order valence-electron chi connectivity index (χ2n) is 8.42. The Morgan fingerprint density at radius 1 is 0.590 bits per heavy atom. The lowest BCUT2D eigenvalue weighted by Crippen LogP contribution is -2.32. The van der Waals surface area contributed by atoms with Crippen molar-refractivity contribution in [1.82, 2.24) is 0 Å². The van der Waals surface area contributed by atoms with Crippen molar-refractivity contribution in [3.05, 3.63) is 71.8 Å². The molecule has 0 amide bonds. The molecule has 0 saturated heterocycles. The molecule has 0 radical (unpaired) electrons. The summed E-state index contributed by atoms with van der Waals surface area (Å²) in [5, 5.41) is 32.1. The van der Waals surface area contributed by atoms with Gasteiger partial charge in [-0.15, -0.1) is 0 Å². The first kappa shape index (κ1) is 39.6. The van der Waals surface area contributed by atoms with Crippen molar-refractivity contribution < 1.29 is 45.1 Å². The fraction of sp³-hybridized carbons (Fsp3) is 0.385. The molecule has 2 aromatic rings. The molecule has 39 heavy (non-hydrogen) atoms. The van der Waals surface area contributed by atoms with Gasteiger partial charge in [-0.2, -0.15) is 0 Å². The first-order chi connectivity index (χ1) is 17.6. The maximum atomic E-state index is 9.85. The zero-order chi connectivity index (χ0) is 29.7. The molecule has 13 nitrogen and oxygen atoms in total. The van der Waals surface area contributed by atoms with Crippen LogP contribution in [0.15, 0.2) is 60.7 Å². The highest BCUT2D eigenvalue weighted by Crippen LogP contribution is 2.01. The van der Waals surface area contributed by atoms with E-state index in [-0.39, 0.29) is 17.6 Å². The van der Waals surface area contributed by atoms with Gasteiger partial charge in [-0.1, -0.05) is 60.7 Å². The number of aliphatic carboxylic acids is 4. The summed E-state index contributed by atoms with van der Waals surface area (Å²) < 4.78 is 0. The Kier molecular flexibility index (Phi) is 23.6. The number of hydrogen-bond acceptors (Lipinski definition) is 8. The molecule has 0 fully saturated rings. The summed E-state index contributed by atoms with van der Waals surface area (Å²) in [4.78, 5) is 39.2. The molecule has 0 spiro atoms. The molecule has 0 heterocycles. The van der Waals surface area contributed by atoms with Crippen molar-refractivity contribution in [3.63, 3.8) is 0 Å². The average molecular weight is 555 g/mol. The molecule has 0 aromatic heterocycles. The third-order valence-electron chi connectivity index (χ3n) is 4.22. The molecular weight excluding hydrogens is 512 g/mol. The third kappa shape index (κ3) is 27.0. The summed E-state index contributed by atoms with van der Waals surface area (Å²) in [6.45, 7) is 4.04. The minimum Gasteiger partial charge on any atom is -0.481 e. The fourth-order valence-electron chi connectivity index (χ4n) is 2.52. The quantitative estimate of drug-likeness (QED) is 0.194. The van der Waals surface area contributed by atoms with Gasteiger partial charge in [0.25, 0.3) is 0 Å². The number of carboxylic acid groups (broad SMARTS) is 4. The van der Waals surface area contributed by atoms with Crippen LogP contribution in [0.5, 0.6) is 0 Å². The highest BCUT2D eigenvalue weighted by atomic mass is 16.4. The maximum absolute atomic E-state index is 9.85. The molecular formula is C26H42N4O9. The lowest BCUT2D eigenvalue weighted by molar-refractivity contribution is -0.144. The smallest absolute Gasteiger partial charge is 0.321 e. The van der Waals surface area contributed by atoms with E-state index >= 15 is 0 Å². The Morgan fingerprint density at radius 3 is 1.00 bits per heavy atom. The summed E-state index contributed by atoms with van der Waals surface area (Å²) in [7, 11) is 0. The molecule has 0 aliphatic rings. The number of rotatable bonds is 10. The first-order valence-corrected chi connectivity index (χ1v) is 11.6. The lowest BCUT2D eigenvalue weighted by Gasteiger charge is -2.02. The highest BCUT2D eigenvalue weighted by molar-refractivity contribution is 5.80. The van der Waals surface area contributed by atoms with Crippen LogP contribution in [0.2, 0.25) is 0 Å². The molecule has 2 aromatic carbocycles. The van der Waals surface area contributed by atoms with Crippen LogP contribution in [-0.4, -0.2) is 73.9 Å². The van der Waals surface area contributed by atoms with E-state index in [2.05, 4.69) is 24.3 Å². The molecule has 0 saturated carbocycles. The largest absolute Gasteiger partial charge is 0.481 e. The predicted octanol–water partition coefficient (Wildman–Crippen LogP) is 0.0739. The maximum Gasteiger partial charge on any atom is 0.321 e. The summed E-state index contributed by atoms with van der Waals surface area (Å²) in [5.41, 5.74) is 23.6. The summed E-state index contributed by atoms with van der Waals surface area (Å²) in [6, 6.07) is 18.6.